The van der Waals surface area contributed by atoms with Crippen LogP contribution in [0.15, 0.2) is 60.8 Å². The minimum absolute atomic E-state index is 0.0409. The van der Waals surface area contributed by atoms with E-state index < -0.39 is 0 Å². The van der Waals surface area contributed by atoms with Crippen molar-refractivity contribution in [3.63, 3.8) is 0 Å². The molecular weight excluding hydrogens is 364 g/mol. The van der Waals surface area contributed by atoms with Crippen LogP contribution in [-0.2, 0) is 0 Å². The molecule has 0 atom stereocenters. The van der Waals surface area contributed by atoms with E-state index in [4.69, 9.17) is 4.74 Å². The molecule has 0 unspecified atom stereocenters. The molecule has 150 valence electrons. The van der Waals surface area contributed by atoms with Crippen molar-refractivity contribution < 1.29 is 9.53 Å². The molecule has 6 heteroatoms. The van der Waals surface area contributed by atoms with Gasteiger partial charge in [0.2, 0.25) is 5.95 Å². The summed E-state index contributed by atoms with van der Waals surface area (Å²) in [5.41, 5.74) is 3.02. The van der Waals surface area contributed by atoms with E-state index in [0.29, 0.717) is 23.9 Å². The van der Waals surface area contributed by atoms with Crippen molar-refractivity contribution in [2.24, 2.45) is 0 Å². The van der Waals surface area contributed by atoms with Gasteiger partial charge in [0.05, 0.1) is 11.8 Å². The van der Waals surface area contributed by atoms with Gasteiger partial charge in [-0.05, 0) is 63.6 Å². The number of benzene rings is 2. The fraction of sp³-hybridized carbons (Fsp3) is 0.261. The van der Waals surface area contributed by atoms with Crippen LogP contribution in [0.25, 0.3) is 0 Å². The van der Waals surface area contributed by atoms with Gasteiger partial charge in [0.15, 0.2) is 0 Å². The molecule has 1 aromatic heterocycles. The number of anilines is 3. The number of nitrogens with one attached hydrogen (secondary N) is 1. The van der Waals surface area contributed by atoms with Crippen LogP contribution in [0.3, 0.4) is 0 Å². The molecule has 1 amide bonds. The van der Waals surface area contributed by atoms with Crippen molar-refractivity contribution in [1.29, 1.82) is 0 Å². The van der Waals surface area contributed by atoms with E-state index in [1.54, 1.807) is 17.2 Å². The van der Waals surface area contributed by atoms with Gasteiger partial charge in [0, 0.05) is 18.4 Å². The summed E-state index contributed by atoms with van der Waals surface area (Å²) in [7, 11) is 0. The summed E-state index contributed by atoms with van der Waals surface area (Å²) in [5.74, 6) is 0.879. The van der Waals surface area contributed by atoms with Crippen LogP contribution < -0.4 is 15.0 Å². The van der Waals surface area contributed by atoms with E-state index in [9.17, 15) is 4.79 Å². The van der Waals surface area contributed by atoms with Crippen LogP contribution in [0.4, 0.5) is 17.3 Å². The quantitative estimate of drug-likeness (QED) is 0.616. The van der Waals surface area contributed by atoms with Crippen molar-refractivity contribution in [2.45, 2.75) is 33.8 Å². The molecule has 0 fully saturated rings. The maximum absolute atomic E-state index is 13.1. The Bertz CT molecular complexity index is 988. The molecule has 29 heavy (non-hydrogen) atoms. The van der Waals surface area contributed by atoms with Gasteiger partial charge in [-0.15, -0.1) is 0 Å². The van der Waals surface area contributed by atoms with Gasteiger partial charge >= 0.3 is 0 Å². The van der Waals surface area contributed by atoms with Crippen LogP contribution in [0.2, 0.25) is 0 Å². The van der Waals surface area contributed by atoms with Crippen LogP contribution in [-0.4, -0.2) is 28.5 Å². The fourth-order valence-electron chi connectivity index (χ4n) is 2.96. The first-order valence-corrected chi connectivity index (χ1v) is 9.72. The zero-order chi connectivity index (χ0) is 20.8. The largest absolute Gasteiger partial charge is 0.489 e. The Morgan fingerprint density at radius 3 is 2.66 bits per heavy atom. The summed E-state index contributed by atoms with van der Waals surface area (Å²) in [5, 5.41) is 3.16. The molecule has 3 aromatic rings. The minimum atomic E-state index is -0.171. The summed E-state index contributed by atoms with van der Waals surface area (Å²) < 4.78 is 5.83. The van der Waals surface area contributed by atoms with E-state index in [2.05, 4.69) is 15.3 Å². The lowest BCUT2D eigenvalue weighted by molar-refractivity contribution is 0.0983. The number of hydrogen-bond acceptors (Lipinski definition) is 5. The molecule has 0 radical (unpaired) electrons. The number of hydrogen-bond donors (Lipinski definition) is 1. The molecule has 1 N–H and O–H groups in total. The number of rotatable bonds is 7. The Balaban J connectivity index is 1.85. The first-order chi connectivity index (χ1) is 14.0. The Kier molecular flexibility index (Phi) is 6.44. The Hall–Kier alpha value is -3.41. The van der Waals surface area contributed by atoms with E-state index in [1.165, 1.54) is 0 Å². The highest BCUT2D eigenvalue weighted by Crippen LogP contribution is 2.27. The van der Waals surface area contributed by atoms with Crippen LogP contribution in [0.5, 0.6) is 5.75 Å². The third-order valence-electron chi connectivity index (χ3n) is 4.25. The molecule has 0 saturated heterocycles. The number of aryl methyl sites for hydroxylation is 1. The summed E-state index contributed by atoms with van der Waals surface area (Å²) in [4.78, 5) is 23.5. The molecule has 6 nitrogen and oxygen atoms in total. The molecule has 2 aromatic carbocycles. The minimum Gasteiger partial charge on any atom is -0.489 e. The van der Waals surface area contributed by atoms with Gasteiger partial charge in [-0.2, -0.15) is 0 Å². The number of aromatic nitrogens is 2. The third-order valence-corrected chi connectivity index (χ3v) is 4.25. The number of para-hydroxylation sites is 2. The predicted octanol–water partition coefficient (Wildman–Crippen LogP) is 4.98. The molecule has 0 aliphatic rings. The van der Waals surface area contributed by atoms with Crippen LogP contribution in [0.1, 0.15) is 36.8 Å². The highest BCUT2D eigenvalue weighted by atomic mass is 16.5. The Morgan fingerprint density at radius 1 is 1.14 bits per heavy atom. The van der Waals surface area contributed by atoms with Crippen LogP contribution in [0, 0.1) is 6.92 Å². The fourth-order valence-corrected chi connectivity index (χ4v) is 2.96. The van der Waals surface area contributed by atoms with E-state index in [1.807, 2.05) is 76.2 Å². The molecule has 0 saturated carbocycles. The highest BCUT2D eigenvalue weighted by molar-refractivity contribution is 6.04. The summed E-state index contributed by atoms with van der Waals surface area (Å²) in [6.45, 7) is 8.43. The maximum atomic E-state index is 13.1. The second-order valence-corrected chi connectivity index (χ2v) is 6.94. The average Bonchev–Trinajstić information content (AvgIpc) is 2.70. The van der Waals surface area contributed by atoms with Crippen molar-refractivity contribution in [3.8, 4) is 5.75 Å². The Labute approximate surface area is 171 Å². The van der Waals surface area contributed by atoms with Crippen molar-refractivity contribution in [2.75, 3.05) is 16.8 Å². The third kappa shape index (κ3) is 5.10. The van der Waals surface area contributed by atoms with Crippen LogP contribution >= 0.6 is 0 Å². The molecule has 0 bridgehead atoms. The standard InChI is InChI=1S/C23H26N4O2/c1-5-27(18-10-8-9-17(4)15-18)22(28)20-13-14-24-23(26-20)25-19-11-6-7-12-21(19)29-16(2)3/h6-16H,5H2,1-4H3,(H,24,25,26). The summed E-state index contributed by atoms with van der Waals surface area (Å²) >= 11 is 0. The van der Waals surface area contributed by atoms with Crippen molar-refractivity contribution in [1.82, 2.24) is 9.97 Å². The highest BCUT2D eigenvalue weighted by Gasteiger charge is 2.18. The molecule has 1 heterocycles. The maximum Gasteiger partial charge on any atom is 0.277 e. The first kappa shape index (κ1) is 20.3. The lowest BCUT2D eigenvalue weighted by atomic mass is 10.2. The van der Waals surface area contributed by atoms with E-state index in [-0.39, 0.29) is 12.0 Å². The SMILES string of the molecule is CCN(C(=O)c1ccnc(Nc2ccccc2OC(C)C)n1)c1cccc(C)c1. The number of carbonyl (C=O) groups is 1. The van der Waals surface area contributed by atoms with E-state index >= 15 is 0 Å². The monoisotopic (exact) mass is 390 g/mol. The zero-order valence-electron chi connectivity index (χ0n) is 17.2. The lowest BCUT2D eigenvalue weighted by Gasteiger charge is -2.21. The normalized spacial score (nSPS) is 10.7. The van der Waals surface area contributed by atoms with Gasteiger partial charge in [0.1, 0.15) is 11.4 Å². The van der Waals surface area contributed by atoms with Gasteiger partial charge in [-0.25, -0.2) is 9.97 Å². The molecule has 0 aliphatic carbocycles. The molecule has 3 rings (SSSR count). The van der Waals surface area contributed by atoms with Gasteiger partial charge in [-0.3, -0.25) is 4.79 Å². The van der Waals surface area contributed by atoms with E-state index in [0.717, 1.165) is 16.9 Å². The predicted molar refractivity (Wildman–Crippen MR) is 116 cm³/mol. The second kappa shape index (κ2) is 9.19. The smallest absolute Gasteiger partial charge is 0.277 e. The van der Waals surface area contributed by atoms with Crippen molar-refractivity contribution >= 4 is 23.2 Å². The number of ether oxygens (including phenoxy) is 1. The summed E-state index contributed by atoms with van der Waals surface area (Å²) in [6, 6.07) is 17.1. The van der Waals surface area contributed by atoms with Gasteiger partial charge in [0.25, 0.3) is 5.91 Å². The van der Waals surface area contributed by atoms with Gasteiger partial charge in [-0.1, -0.05) is 24.3 Å². The molecule has 0 spiro atoms. The summed E-state index contributed by atoms with van der Waals surface area (Å²) in [6.07, 6.45) is 1.62. The number of carbonyl (C=O) groups excluding carboxylic acids is 1. The molecule has 0 aliphatic heterocycles. The van der Waals surface area contributed by atoms with Gasteiger partial charge < -0.3 is 15.0 Å². The number of amides is 1. The van der Waals surface area contributed by atoms with Crippen molar-refractivity contribution in [3.05, 3.63) is 72.1 Å². The molecular formula is C23H26N4O2. The zero-order valence-corrected chi connectivity index (χ0v) is 17.2. The first-order valence-electron chi connectivity index (χ1n) is 9.72. The Morgan fingerprint density at radius 2 is 1.93 bits per heavy atom. The lowest BCUT2D eigenvalue weighted by Crippen LogP contribution is -2.31. The average molecular weight is 390 g/mol. The number of nitrogens with zero attached hydrogens (tertiary/aromatic N) is 3. The topological polar surface area (TPSA) is 67.4 Å². The second-order valence-electron chi connectivity index (χ2n) is 6.94.